The highest BCUT2D eigenvalue weighted by Crippen LogP contribution is 2.31. The van der Waals surface area contributed by atoms with E-state index in [2.05, 4.69) is 20.5 Å². The Morgan fingerprint density at radius 3 is 2.70 bits per heavy atom. The standard InChI is InChI=1S/C30H25N7O3/c1-18(34-30(39)25-28(31)35-37-15-7-14-32-29(25)37)27-24(20-8-4-3-5-9-20)26(38)23-21(10-6-11-22(23)40-27)13-12-19-16-33-36(2)17-19/h3-18H,1-2H3,(H2,31,35)(H,34,39)/b13-12+. The van der Waals surface area contributed by atoms with E-state index in [9.17, 15) is 9.59 Å². The number of carbonyl (C=O) groups excluding carboxylic acids is 1. The number of hydrogen-bond acceptors (Lipinski definition) is 7. The number of carbonyl (C=O) groups is 1. The zero-order chi connectivity index (χ0) is 27.8. The van der Waals surface area contributed by atoms with Crippen LogP contribution in [-0.2, 0) is 7.05 Å². The predicted molar refractivity (Wildman–Crippen MR) is 153 cm³/mol. The minimum absolute atomic E-state index is 0.0525. The van der Waals surface area contributed by atoms with Crippen LogP contribution in [0.3, 0.4) is 0 Å². The lowest BCUT2D eigenvalue weighted by Gasteiger charge is -2.18. The van der Waals surface area contributed by atoms with Crippen molar-refractivity contribution < 1.29 is 9.21 Å². The van der Waals surface area contributed by atoms with E-state index >= 15 is 0 Å². The third kappa shape index (κ3) is 4.41. The first-order chi connectivity index (χ1) is 19.4. The van der Waals surface area contributed by atoms with Crippen molar-refractivity contribution in [3.63, 3.8) is 0 Å². The minimum atomic E-state index is -0.688. The van der Waals surface area contributed by atoms with Crippen LogP contribution in [0.25, 0.3) is 39.9 Å². The summed E-state index contributed by atoms with van der Waals surface area (Å²) in [6, 6.07) is 15.7. The largest absolute Gasteiger partial charge is 0.458 e. The molecule has 0 saturated carbocycles. The Bertz CT molecular complexity index is 1970. The fourth-order valence-electron chi connectivity index (χ4n) is 4.77. The highest BCUT2D eigenvalue weighted by molar-refractivity contribution is 6.04. The number of nitrogens with two attached hydrogens (primary N) is 1. The maximum absolute atomic E-state index is 14.2. The number of fused-ring (bicyclic) bond motifs is 2. The molecule has 0 fully saturated rings. The molecule has 10 heteroatoms. The molecule has 0 saturated heterocycles. The minimum Gasteiger partial charge on any atom is -0.458 e. The van der Waals surface area contributed by atoms with Gasteiger partial charge in [0.05, 0.1) is 23.2 Å². The van der Waals surface area contributed by atoms with E-state index in [0.717, 1.165) is 5.56 Å². The molecule has 2 aromatic carbocycles. The smallest absolute Gasteiger partial charge is 0.259 e. The van der Waals surface area contributed by atoms with Gasteiger partial charge in [-0.15, -0.1) is 5.10 Å². The van der Waals surface area contributed by atoms with Gasteiger partial charge in [-0.2, -0.15) is 5.10 Å². The van der Waals surface area contributed by atoms with Gasteiger partial charge >= 0.3 is 0 Å². The van der Waals surface area contributed by atoms with Crippen LogP contribution >= 0.6 is 0 Å². The van der Waals surface area contributed by atoms with E-state index in [1.165, 1.54) is 4.52 Å². The first-order valence-corrected chi connectivity index (χ1v) is 12.6. The number of nitrogens with zero attached hydrogens (tertiary/aromatic N) is 5. The zero-order valence-electron chi connectivity index (χ0n) is 21.8. The molecule has 198 valence electrons. The van der Waals surface area contributed by atoms with Gasteiger partial charge in [0.25, 0.3) is 5.91 Å². The topological polar surface area (TPSA) is 133 Å². The fraction of sp³-hybridized carbons (Fsp3) is 0.100. The number of amides is 1. The number of nitrogen functional groups attached to an aromatic ring is 1. The van der Waals surface area contributed by atoms with Crippen molar-refractivity contribution in [2.24, 2.45) is 7.05 Å². The molecule has 6 aromatic rings. The molecule has 1 unspecified atom stereocenters. The zero-order valence-corrected chi connectivity index (χ0v) is 21.8. The number of benzene rings is 2. The van der Waals surface area contributed by atoms with Crippen LogP contribution in [0.4, 0.5) is 5.82 Å². The molecule has 6 rings (SSSR count). The second kappa shape index (κ2) is 9.99. The quantitative estimate of drug-likeness (QED) is 0.324. The number of anilines is 1. The monoisotopic (exact) mass is 531 g/mol. The molecular formula is C30H25N7O3. The lowest BCUT2D eigenvalue weighted by molar-refractivity contribution is 0.0938. The summed E-state index contributed by atoms with van der Waals surface area (Å²) in [5.41, 5.74) is 9.41. The van der Waals surface area contributed by atoms with E-state index in [-0.39, 0.29) is 16.8 Å². The van der Waals surface area contributed by atoms with Gasteiger partial charge in [0.2, 0.25) is 5.43 Å². The number of aryl methyl sites for hydroxylation is 1. The van der Waals surface area contributed by atoms with Gasteiger partial charge in [-0.3, -0.25) is 14.3 Å². The summed E-state index contributed by atoms with van der Waals surface area (Å²) in [5, 5.41) is 11.7. The van der Waals surface area contributed by atoms with Crippen molar-refractivity contribution >= 4 is 40.5 Å². The second-order valence-electron chi connectivity index (χ2n) is 9.38. The summed E-state index contributed by atoms with van der Waals surface area (Å²) in [5.74, 6) is -0.0984. The Morgan fingerprint density at radius 1 is 1.10 bits per heavy atom. The summed E-state index contributed by atoms with van der Waals surface area (Å²) >= 11 is 0. The second-order valence-corrected chi connectivity index (χ2v) is 9.38. The molecule has 0 aliphatic heterocycles. The van der Waals surface area contributed by atoms with Crippen molar-refractivity contribution in [2.75, 3.05) is 5.73 Å². The molecule has 0 bridgehead atoms. The van der Waals surface area contributed by atoms with Gasteiger partial charge in [-0.25, -0.2) is 9.50 Å². The molecule has 1 atom stereocenters. The van der Waals surface area contributed by atoms with Crippen LogP contribution < -0.4 is 16.5 Å². The van der Waals surface area contributed by atoms with Gasteiger partial charge in [-0.05, 0) is 30.2 Å². The number of rotatable bonds is 6. The van der Waals surface area contributed by atoms with E-state index < -0.39 is 11.9 Å². The molecule has 40 heavy (non-hydrogen) atoms. The highest BCUT2D eigenvalue weighted by Gasteiger charge is 2.26. The van der Waals surface area contributed by atoms with Gasteiger partial charge in [0.15, 0.2) is 11.5 Å². The average molecular weight is 532 g/mol. The van der Waals surface area contributed by atoms with Crippen LogP contribution in [0.1, 0.15) is 40.2 Å². The van der Waals surface area contributed by atoms with Crippen LogP contribution in [0.15, 0.2) is 88.6 Å². The Balaban J connectivity index is 1.46. The molecule has 0 spiro atoms. The normalized spacial score (nSPS) is 12.3. The Hall–Kier alpha value is -5.51. The number of nitrogens with one attached hydrogen (secondary N) is 1. The Labute approximate surface area is 228 Å². The SMILES string of the molecule is CC(NC(=O)c1c(N)nn2cccnc12)c1oc2cccc(/C=C/c3cnn(C)c3)c2c(=O)c1-c1ccccc1. The molecule has 4 heterocycles. The predicted octanol–water partition coefficient (Wildman–Crippen LogP) is 4.48. The molecule has 4 aromatic heterocycles. The van der Waals surface area contributed by atoms with Gasteiger partial charge in [-0.1, -0.05) is 54.6 Å². The molecule has 0 aliphatic rings. The van der Waals surface area contributed by atoms with Crippen molar-refractivity contribution in [1.29, 1.82) is 0 Å². The summed E-state index contributed by atoms with van der Waals surface area (Å²) in [4.78, 5) is 31.8. The molecule has 3 N–H and O–H groups in total. The fourth-order valence-corrected chi connectivity index (χ4v) is 4.77. The first-order valence-electron chi connectivity index (χ1n) is 12.6. The Kier molecular flexibility index (Phi) is 6.19. The lowest BCUT2D eigenvalue weighted by atomic mass is 9.97. The molecular weight excluding hydrogens is 506 g/mol. The van der Waals surface area contributed by atoms with E-state index in [0.29, 0.717) is 39.1 Å². The van der Waals surface area contributed by atoms with Gasteiger partial charge in [0.1, 0.15) is 16.9 Å². The first kappa shape index (κ1) is 24.8. The van der Waals surface area contributed by atoms with Crippen molar-refractivity contribution in [3.8, 4) is 11.1 Å². The molecule has 10 nitrogen and oxygen atoms in total. The van der Waals surface area contributed by atoms with Crippen LogP contribution in [-0.4, -0.2) is 30.3 Å². The van der Waals surface area contributed by atoms with Crippen molar-refractivity contribution in [1.82, 2.24) is 29.7 Å². The molecule has 0 aliphatic carbocycles. The van der Waals surface area contributed by atoms with Crippen LogP contribution in [0, 0.1) is 0 Å². The summed E-state index contributed by atoms with van der Waals surface area (Å²) in [7, 11) is 1.85. The van der Waals surface area contributed by atoms with Crippen molar-refractivity contribution in [3.05, 3.63) is 112 Å². The van der Waals surface area contributed by atoms with E-state index in [1.54, 1.807) is 42.3 Å². The number of hydrogen-bond donors (Lipinski definition) is 2. The highest BCUT2D eigenvalue weighted by atomic mass is 16.3. The average Bonchev–Trinajstić information content (AvgIpc) is 3.53. The number of aromatic nitrogens is 5. The van der Waals surface area contributed by atoms with E-state index in [1.807, 2.05) is 67.9 Å². The third-order valence-corrected chi connectivity index (χ3v) is 6.61. The summed E-state index contributed by atoms with van der Waals surface area (Å²) in [6.45, 7) is 1.76. The summed E-state index contributed by atoms with van der Waals surface area (Å²) < 4.78 is 9.55. The van der Waals surface area contributed by atoms with E-state index in [4.69, 9.17) is 10.2 Å². The van der Waals surface area contributed by atoms with Crippen LogP contribution in [0.5, 0.6) is 0 Å². The van der Waals surface area contributed by atoms with Gasteiger partial charge < -0.3 is 15.5 Å². The Morgan fingerprint density at radius 2 is 1.93 bits per heavy atom. The van der Waals surface area contributed by atoms with Gasteiger partial charge in [0, 0.05) is 31.2 Å². The van der Waals surface area contributed by atoms with Crippen molar-refractivity contribution in [2.45, 2.75) is 13.0 Å². The molecule has 1 amide bonds. The maximum Gasteiger partial charge on any atom is 0.259 e. The van der Waals surface area contributed by atoms with Crippen LogP contribution in [0.2, 0.25) is 0 Å². The third-order valence-electron chi connectivity index (χ3n) is 6.61. The molecule has 0 radical (unpaired) electrons. The maximum atomic E-state index is 14.2. The lowest BCUT2D eigenvalue weighted by Crippen LogP contribution is -2.28. The summed E-state index contributed by atoms with van der Waals surface area (Å²) in [6.07, 6.45) is 10.6.